The first-order valence-electron chi connectivity index (χ1n) is 6.11. The second-order valence-corrected chi connectivity index (χ2v) is 4.01. The van der Waals surface area contributed by atoms with E-state index in [0.29, 0.717) is 18.1 Å². The van der Waals surface area contributed by atoms with Gasteiger partial charge in [0.25, 0.3) is 5.88 Å². The van der Waals surface area contributed by atoms with E-state index < -0.39 is 0 Å². The topological polar surface area (TPSA) is 68.0 Å². The van der Waals surface area contributed by atoms with Crippen molar-refractivity contribution in [2.24, 2.45) is 0 Å². The van der Waals surface area contributed by atoms with E-state index >= 15 is 0 Å². The molecule has 0 bridgehead atoms. The standard InChI is InChI=1S/C13H19N3O2/c1-5-10-11(7-14)13(16-15-12(10)6-2)18-9(3)8-17-4/h9H,5-6,8H2,1-4H3. The van der Waals surface area contributed by atoms with Crippen LogP contribution in [-0.4, -0.2) is 30.0 Å². The van der Waals surface area contributed by atoms with E-state index in [0.717, 1.165) is 24.1 Å². The number of rotatable bonds is 6. The van der Waals surface area contributed by atoms with Gasteiger partial charge in [0, 0.05) is 7.11 Å². The summed E-state index contributed by atoms with van der Waals surface area (Å²) in [4.78, 5) is 0. The zero-order valence-electron chi connectivity index (χ0n) is 11.4. The van der Waals surface area contributed by atoms with Crippen LogP contribution in [0.3, 0.4) is 0 Å². The van der Waals surface area contributed by atoms with Gasteiger partial charge in [-0.15, -0.1) is 5.10 Å². The van der Waals surface area contributed by atoms with Crippen molar-refractivity contribution < 1.29 is 9.47 Å². The number of ether oxygens (including phenoxy) is 2. The molecule has 18 heavy (non-hydrogen) atoms. The zero-order valence-corrected chi connectivity index (χ0v) is 11.4. The summed E-state index contributed by atoms with van der Waals surface area (Å²) in [6, 6.07) is 2.17. The Balaban J connectivity index is 3.10. The lowest BCUT2D eigenvalue weighted by molar-refractivity contribution is 0.0879. The predicted molar refractivity (Wildman–Crippen MR) is 67.5 cm³/mol. The maximum atomic E-state index is 9.26. The fraction of sp³-hybridized carbons (Fsp3) is 0.615. The third kappa shape index (κ3) is 3.17. The molecule has 98 valence electrons. The molecule has 0 fully saturated rings. The molecule has 0 amide bonds. The largest absolute Gasteiger partial charge is 0.470 e. The predicted octanol–water partition coefficient (Wildman–Crippen LogP) is 1.89. The van der Waals surface area contributed by atoms with Gasteiger partial charge in [-0.25, -0.2) is 0 Å². The van der Waals surface area contributed by atoms with Gasteiger partial charge in [0.1, 0.15) is 17.7 Å². The minimum Gasteiger partial charge on any atom is -0.470 e. The molecule has 0 saturated heterocycles. The van der Waals surface area contributed by atoms with E-state index in [4.69, 9.17) is 9.47 Å². The Kier molecular flexibility index (Phi) is 5.53. The Morgan fingerprint density at radius 3 is 2.50 bits per heavy atom. The number of nitrogens with zero attached hydrogens (tertiary/aromatic N) is 3. The van der Waals surface area contributed by atoms with Crippen molar-refractivity contribution in [3.8, 4) is 11.9 Å². The van der Waals surface area contributed by atoms with Crippen molar-refractivity contribution in [2.45, 2.75) is 39.7 Å². The van der Waals surface area contributed by atoms with Crippen molar-refractivity contribution >= 4 is 0 Å². The van der Waals surface area contributed by atoms with Crippen molar-refractivity contribution in [3.63, 3.8) is 0 Å². The Labute approximate surface area is 108 Å². The third-order valence-electron chi connectivity index (χ3n) is 2.64. The van der Waals surface area contributed by atoms with Crippen LogP contribution < -0.4 is 4.74 Å². The molecule has 1 unspecified atom stereocenters. The summed E-state index contributed by atoms with van der Waals surface area (Å²) in [6.07, 6.45) is 1.35. The van der Waals surface area contributed by atoms with Crippen LogP contribution in [0.1, 0.15) is 37.6 Å². The Bertz CT molecular complexity index is 441. The maximum Gasteiger partial charge on any atom is 0.252 e. The van der Waals surface area contributed by atoms with E-state index in [9.17, 15) is 5.26 Å². The normalized spacial score (nSPS) is 11.9. The second-order valence-electron chi connectivity index (χ2n) is 4.01. The molecule has 0 aromatic carbocycles. The Morgan fingerprint density at radius 1 is 1.28 bits per heavy atom. The van der Waals surface area contributed by atoms with Gasteiger partial charge in [-0.3, -0.25) is 0 Å². The molecule has 5 nitrogen and oxygen atoms in total. The third-order valence-corrected chi connectivity index (χ3v) is 2.64. The van der Waals surface area contributed by atoms with Gasteiger partial charge >= 0.3 is 0 Å². The van der Waals surface area contributed by atoms with E-state index in [-0.39, 0.29) is 6.10 Å². The highest BCUT2D eigenvalue weighted by Crippen LogP contribution is 2.22. The van der Waals surface area contributed by atoms with Crippen LogP contribution in [0, 0.1) is 11.3 Å². The molecule has 0 aliphatic rings. The number of aryl methyl sites for hydroxylation is 1. The van der Waals surface area contributed by atoms with E-state index in [1.165, 1.54) is 0 Å². The van der Waals surface area contributed by atoms with Gasteiger partial charge in [-0.2, -0.15) is 10.4 Å². The number of aromatic nitrogens is 2. The molecule has 0 N–H and O–H groups in total. The first-order valence-corrected chi connectivity index (χ1v) is 6.11. The van der Waals surface area contributed by atoms with Crippen molar-refractivity contribution in [1.29, 1.82) is 5.26 Å². The van der Waals surface area contributed by atoms with Gasteiger partial charge in [0.2, 0.25) is 0 Å². The summed E-state index contributed by atoms with van der Waals surface area (Å²) < 4.78 is 10.6. The van der Waals surface area contributed by atoms with Gasteiger partial charge in [-0.1, -0.05) is 13.8 Å². The van der Waals surface area contributed by atoms with Crippen LogP contribution >= 0.6 is 0 Å². The average Bonchev–Trinajstić information content (AvgIpc) is 2.38. The van der Waals surface area contributed by atoms with Crippen molar-refractivity contribution in [3.05, 3.63) is 16.8 Å². The van der Waals surface area contributed by atoms with Crippen LogP contribution in [0.4, 0.5) is 0 Å². The molecule has 1 rings (SSSR count). The summed E-state index contributed by atoms with van der Waals surface area (Å²) in [5.41, 5.74) is 2.28. The van der Waals surface area contributed by atoms with E-state index in [1.54, 1.807) is 7.11 Å². The number of hydrogen-bond donors (Lipinski definition) is 0. The van der Waals surface area contributed by atoms with Crippen molar-refractivity contribution in [2.75, 3.05) is 13.7 Å². The molecule has 0 spiro atoms. The fourth-order valence-electron chi connectivity index (χ4n) is 1.81. The molecule has 1 aromatic heterocycles. The van der Waals surface area contributed by atoms with Crippen LogP contribution in [0.5, 0.6) is 5.88 Å². The van der Waals surface area contributed by atoms with Gasteiger partial charge in [0.15, 0.2) is 0 Å². The number of nitriles is 1. The summed E-state index contributed by atoms with van der Waals surface area (Å²) in [5, 5.41) is 17.4. The fourth-order valence-corrected chi connectivity index (χ4v) is 1.81. The van der Waals surface area contributed by atoms with E-state index in [2.05, 4.69) is 16.3 Å². The zero-order chi connectivity index (χ0) is 13.5. The smallest absolute Gasteiger partial charge is 0.252 e. The minimum atomic E-state index is -0.159. The number of methoxy groups -OCH3 is 1. The highest BCUT2D eigenvalue weighted by Gasteiger charge is 2.17. The summed E-state index contributed by atoms with van der Waals surface area (Å²) >= 11 is 0. The maximum absolute atomic E-state index is 9.26. The first kappa shape index (κ1) is 14.4. The lowest BCUT2D eigenvalue weighted by atomic mass is 10.0. The molecule has 1 atom stereocenters. The van der Waals surface area contributed by atoms with Gasteiger partial charge in [-0.05, 0) is 25.3 Å². The molecular formula is C13H19N3O2. The molecule has 0 radical (unpaired) electrons. The molecule has 0 aliphatic carbocycles. The number of hydrogen-bond acceptors (Lipinski definition) is 5. The highest BCUT2D eigenvalue weighted by molar-refractivity contribution is 5.46. The van der Waals surface area contributed by atoms with Gasteiger partial charge in [0.05, 0.1) is 12.3 Å². The summed E-state index contributed by atoms with van der Waals surface area (Å²) in [6.45, 7) is 6.31. The lowest BCUT2D eigenvalue weighted by Gasteiger charge is -2.15. The summed E-state index contributed by atoms with van der Waals surface area (Å²) in [7, 11) is 1.61. The quantitative estimate of drug-likeness (QED) is 0.770. The SMILES string of the molecule is CCc1nnc(OC(C)COC)c(C#N)c1CC. The molecular weight excluding hydrogens is 230 g/mol. The molecule has 0 aliphatic heterocycles. The van der Waals surface area contributed by atoms with E-state index in [1.807, 2.05) is 20.8 Å². The molecule has 1 heterocycles. The summed E-state index contributed by atoms with van der Waals surface area (Å²) in [5.74, 6) is 0.302. The molecule has 1 aromatic rings. The Hall–Kier alpha value is -1.67. The lowest BCUT2D eigenvalue weighted by Crippen LogP contribution is -2.20. The van der Waals surface area contributed by atoms with Gasteiger partial charge < -0.3 is 9.47 Å². The Morgan fingerprint density at radius 2 is 2.00 bits per heavy atom. The van der Waals surface area contributed by atoms with Crippen LogP contribution in [0.2, 0.25) is 0 Å². The van der Waals surface area contributed by atoms with Crippen LogP contribution in [-0.2, 0) is 17.6 Å². The minimum absolute atomic E-state index is 0.159. The van der Waals surface area contributed by atoms with Crippen LogP contribution in [0.25, 0.3) is 0 Å². The van der Waals surface area contributed by atoms with Crippen LogP contribution in [0.15, 0.2) is 0 Å². The average molecular weight is 249 g/mol. The molecule has 5 heteroatoms. The second kappa shape index (κ2) is 6.92. The highest BCUT2D eigenvalue weighted by atomic mass is 16.5. The monoisotopic (exact) mass is 249 g/mol. The molecule has 0 saturated carbocycles. The van der Waals surface area contributed by atoms with Crippen molar-refractivity contribution in [1.82, 2.24) is 10.2 Å². The first-order chi connectivity index (χ1) is 8.67.